The van der Waals surface area contributed by atoms with E-state index >= 15 is 0 Å². The maximum atomic E-state index is 13.4. The lowest BCUT2D eigenvalue weighted by Crippen LogP contribution is -2.39. The third-order valence-electron chi connectivity index (χ3n) is 3.54. The molecule has 2 aromatic rings. The van der Waals surface area contributed by atoms with E-state index < -0.39 is 27.8 Å². The highest BCUT2D eigenvalue weighted by atomic mass is 35.5. The van der Waals surface area contributed by atoms with Crippen molar-refractivity contribution in [3.05, 3.63) is 64.4 Å². The summed E-state index contributed by atoms with van der Waals surface area (Å²) in [6.07, 6.45) is 0. The molecule has 1 amide bonds. The van der Waals surface area contributed by atoms with Gasteiger partial charge in [-0.2, -0.15) is 4.31 Å². The molecular weight excluding hydrogens is 355 g/mol. The van der Waals surface area contributed by atoms with Gasteiger partial charge in [-0.1, -0.05) is 29.8 Å². The minimum atomic E-state index is -4.11. The number of benzene rings is 2. The smallest absolute Gasteiger partial charge is 0.245 e. The molecular formula is C16H16ClFN2O3S. The second-order valence-electron chi connectivity index (χ2n) is 5.32. The first-order valence-electron chi connectivity index (χ1n) is 6.93. The Morgan fingerprint density at radius 3 is 2.46 bits per heavy atom. The molecule has 0 fully saturated rings. The highest BCUT2D eigenvalue weighted by molar-refractivity contribution is 7.89. The number of nitrogens with zero attached hydrogens (tertiary/aromatic N) is 1. The van der Waals surface area contributed by atoms with Gasteiger partial charge in [0.05, 0.1) is 5.02 Å². The van der Waals surface area contributed by atoms with Gasteiger partial charge in [-0.05, 0) is 42.3 Å². The van der Waals surface area contributed by atoms with E-state index in [0.717, 1.165) is 15.9 Å². The number of primary amides is 1. The Bertz CT molecular complexity index is 887. The van der Waals surface area contributed by atoms with Gasteiger partial charge in [0.15, 0.2) is 0 Å². The molecule has 128 valence electrons. The van der Waals surface area contributed by atoms with Gasteiger partial charge >= 0.3 is 0 Å². The summed E-state index contributed by atoms with van der Waals surface area (Å²) >= 11 is 6.03. The van der Waals surface area contributed by atoms with Crippen LogP contribution < -0.4 is 5.73 Å². The average Bonchev–Trinajstić information content (AvgIpc) is 2.46. The molecule has 1 unspecified atom stereocenters. The van der Waals surface area contributed by atoms with E-state index in [0.29, 0.717) is 0 Å². The molecule has 1 atom stereocenters. The zero-order valence-electron chi connectivity index (χ0n) is 13.0. The van der Waals surface area contributed by atoms with Gasteiger partial charge in [0, 0.05) is 7.05 Å². The molecule has 24 heavy (non-hydrogen) atoms. The Morgan fingerprint density at radius 1 is 1.25 bits per heavy atom. The summed E-state index contributed by atoms with van der Waals surface area (Å²) in [5, 5.41) is 0.0318. The Balaban J connectivity index is 2.53. The molecule has 8 heteroatoms. The summed E-state index contributed by atoms with van der Waals surface area (Å²) in [6.45, 7) is 1.77. The molecule has 2 rings (SSSR count). The number of carbonyl (C=O) groups excluding carboxylic acids is 1. The summed E-state index contributed by atoms with van der Waals surface area (Å²) in [5.74, 6) is -1.52. The average molecular weight is 371 g/mol. The number of amides is 1. The molecule has 0 aliphatic heterocycles. The van der Waals surface area contributed by atoms with E-state index in [2.05, 4.69) is 0 Å². The number of nitrogens with two attached hydrogens (primary N) is 1. The van der Waals surface area contributed by atoms with Crippen LogP contribution in [-0.2, 0) is 14.8 Å². The van der Waals surface area contributed by atoms with Crippen LogP contribution in [0, 0.1) is 12.7 Å². The van der Waals surface area contributed by atoms with Gasteiger partial charge in [-0.25, -0.2) is 12.8 Å². The summed E-state index contributed by atoms with van der Waals surface area (Å²) in [4.78, 5) is 11.7. The molecule has 0 spiro atoms. The topological polar surface area (TPSA) is 80.5 Å². The molecule has 0 aromatic heterocycles. The Kier molecular flexibility index (Phi) is 5.27. The third-order valence-corrected chi connectivity index (χ3v) is 5.85. The van der Waals surface area contributed by atoms with E-state index in [1.54, 1.807) is 13.0 Å². The minimum Gasteiger partial charge on any atom is -0.368 e. The summed E-state index contributed by atoms with van der Waals surface area (Å²) < 4.78 is 39.9. The van der Waals surface area contributed by atoms with Crippen molar-refractivity contribution < 1.29 is 17.6 Å². The quantitative estimate of drug-likeness (QED) is 0.878. The first kappa shape index (κ1) is 18.4. The number of likely N-dealkylation sites (N-methyl/N-ethyl adjacent to an activating group) is 1. The SMILES string of the molecule is Cc1ccc(S(=O)(=O)N(C)C(C(N)=O)c2cccc(F)c2)c(Cl)c1. The maximum absolute atomic E-state index is 13.4. The summed E-state index contributed by atoms with van der Waals surface area (Å²) in [5.41, 5.74) is 6.28. The van der Waals surface area contributed by atoms with Crippen LogP contribution in [0.4, 0.5) is 4.39 Å². The first-order chi connectivity index (χ1) is 11.1. The molecule has 2 aromatic carbocycles. The lowest BCUT2D eigenvalue weighted by Gasteiger charge is -2.26. The minimum absolute atomic E-state index is 0.0318. The van der Waals surface area contributed by atoms with Crippen LogP contribution in [0.1, 0.15) is 17.2 Å². The lowest BCUT2D eigenvalue weighted by atomic mass is 10.1. The highest BCUT2D eigenvalue weighted by Gasteiger charge is 2.34. The fourth-order valence-corrected chi connectivity index (χ4v) is 4.23. The van der Waals surface area contributed by atoms with Crippen molar-refractivity contribution >= 4 is 27.5 Å². The van der Waals surface area contributed by atoms with Crippen molar-refractivity contribution in [2.24, 2.45) is 5.73 Å². The second kappa shape index (κ2) is 6.88. The fourth-order valence-electron chi connectivity index (χ4n) is 2.34. The number of hydrogen-bond donors (Lipinski definition) is 1. The van der Waals surface area contributed by atoms with Crippen LogP contribution >= 0.6 is 11.6 Å². The number of aryl methyl sites for hydroxylation is 1. The summed E-state index contributed by atoms with van der Waals surface area (Å²) in [6, 6.07) is 8.15. The number of carbonyl (C=O) groups is 1. The highest BCUT2D eigenvalue weighted by Crippen LogP contribution is 2.30. The number of hydrogen-bond acceptors (Lipinski definition) is 3. The van der Waals surface area contributed by atoms with Crippen molar-refractivity contribution in [1.29, 1.82) is 0 Å². The zero-order valence-corrected chi connectivity index (χ0v) is 14.6. The van der Waals surface area contributed by atoms with Crippen LogP contribution in [0.3, 0.4) is 0 Å². The van der Waals surface area contributed by atoms with Crippen LogP contribution in [0.25, 0.3) is 0 Å². The fraction of sp³-hybridized carbons (Fsp3) is 0.188. The van der Waals surface area contributed by atoms with Crippen molar-refractivity contribution in [3.63, 3.8) is 0 Å². The first-order valence-corrected chi connectivity index (χ1v) is 8.75. The molecule has 2 N–H and O–H groups in total. The Hall–Kier alpha value is -1.96. The molecule has 5 nitrogen and oxygen atoms in total. The van der Waals surface area contributed by atoms with Gasteiger partial charge in [0.2, 0.25) is 15.9 Å². The van der Waals surface area contributed by atoms with Crippen LogP contribution in [0.5, 0.6) is 0 Å². The third kappa shape index (κ3) is 3.58. The number of halogens is 2. The van der Waals surface area contributed by atoms with E-state index in [4.69, 9.17) is 17.3 Å². The van der Waals surface area contributed by atoms with E-state index in [9.17, 15) is 17.6 Å². The predicted molar refractivity (Wildman–Crippen MR) is 89.5 cm³/mol. The summed E-state index contributed by atoms with van der Waals surface area (Å²) in [7, 11) is -2.91. The molecule has 0 saturated carbocycles. The van der Waals surface area contributed by atoms with Gasteiger partial charge < -0.3 is 5.73 Å². The number of sulfonamides is 1. The molecule has 0 saturated heterocycles. The van der Waals surface area contributed by atoms with E-state index in [1.807, 2.05) is 0 Å². The number of rotatable bonds is 5. The van der Waals surface area contributed by atoms with E-state index in [-0.39, 0.29) is 15.5 Å². The molecule has 0 aliphatic rings. The Labute approximate surface area is 144 Å². The van der Waals surface area contributed by atoms with Gasteiger partial charge in [0.25, 0.3) is 0 Å². The van der Waals surface area contributed by atoms with Gasteiger partial charge in [0.1, 0.15) is 16.8 Å². The maximum Gasteiger partial charge on any atom is 0.245 e. The lowest BCUT2D eigenvalue weighted by molar-refractivity contribution is -0.121. The van der Waals surface area contributed by atoms with Crippen molar-refractivity contribution in [1.82, 2.24) is 4.31 Å². The molecule has 0 heterocycles. The monoisotopic (exact) mass is 370 g/mol. The Morgan fingerprint density at radius 2 is 1.92 bits per heavy atom. The van der Waals surface area contributed by atoms with Gasteiger partial charge in [-0.15, -0.1) is 0 Å². The molecule has 0 bridgehead atoms. The molecule has 0 radical (unpaired) electrons. The molecule has 0 aliphatic carbocycles. The van der Waals surface area contributed by atoms with Crippen LogP contribution in [-0.4, -0.2) is 25.7 Å². The van der Waals surface area contributed by atoms with Crippen molar-refractivity contribution in [3.8, 4) is 0 Å². The zero-order chi connectivity index (χ0) is 18.1. The van der Waals surface area contributed by atoms with E-state index in [1.165, 1.54) is 37.4 Å². The van der Waals surface area contributed by atoms with Crippen LogP contribution in [0.2, 0.25) is 5.02 Å². The largest absolute Gasteiger partial charge is 0.368 e. The predicted octanol–water partition coefficient (Wildman–Crippen LogP) is 2.63. The normalized spacial score (nSPS) is 13.0. The van der Waals surface area contributed by atoms with Gasteiger partial charge in [-0.3, -0.25) is 4.79 Å². The van der Waals surface area contributed by atoms with Crippen molar-refractivity contribution in [2.75, 3.05) is 7.05 Å². The standard InChI is InChI=1S/C16H16ClFN2O3S/c1-10-6-7-14(13(17)8-10)24(22,23)20(2)15(16(19)21)11-4-3-5-12(18)9-11/h3-9,15H,1-2H3,(H2,19,21). The second-order valence-corrected chi connectivity index (χ2v) is 7.69. The van der Waals surface area contributed by atoms with Crippen molar-refractivity contribution in [2.45, 2.75) is 17.9 Å². The van der Waals surface area contributed by atoms with Crippen LogP contribution in [0.15, 0.2) is 47.4 Å².